The van der Waals surface area contributed by atoms with Crippen LogP contribution in [-0.2, 0) is 28.6 Å². The minimum atomic E-state index is -0.816. The van der Waals surface area contributed by atoms with E-state index >= 15 is 0 Å². The summed E-state index contributed by atoms with van der Waals surface area (Å²) >= 11 is 0. The minimum Gasteiger partial charge on any atom is -0.462 e. The molecule has 0 radical (unpaired) electrons. The van der Waals surface area contributed by atoms with Crippen LogP contribution in [0.3, 0.4) is 0 Å². The normalized spacial score (nSPS) is 12.7. The van der Waals surface area contributed by atoms with E-state index in [4.69, 9.17) is 14.2 Å². The van der Waals surface area contributed by atoms with E-state index in [0.29, 0.717) is 12.8 Å². The van der Waals surface area contributed by atoms with E-state index in [1.165, 1.54) is 64.2 Å². The molecule has 0 fully saturated rings. The van der Waals surface area contributed by atoms with E-state index in [-0.39, 0.29) is 31.6 Å². The van der Waals surface area contributed by atoms with Crippen molar-refractivity contribution in [1.82, 2.24) is 0 Å². The number of unbranched alkanes of at least 4 members (excludes halogenated alkanes) is 16. The third kappa shape index (κ3) is 40.0. The number of carbonyl (C=O) groups excluding carboxylic acids is 3. The fourth-order valence-electron chi connectivity index (χ4n) is 5.71. The molecule has 0 N–H and O–H groups in total. The van der Waals surface area contributed by atoms with Gasteiger partial charge in [0.25, 0.3) is 0 Å². The molecule has 1 atom stereocenters. The Morgan fingerprint density at radius 2 is 0.796 bits per heavy atom. The second-order valence-corrected chi connectivity index (χ2v) is 14.2. The zero-order valence-electron chi connectivity index (χ0n) is 35.0. The van der Waals surface area contributed by atoms with Crippen LogP contribution in [0.15, 0.2) is 72.9 Å². The molecular formula is C48H80O6. The van der Waals surface area contributed by atoms with Gasteiger partial charge < -0.3 is 14.2 Å². The van der Waals surface area contributed by atoms with Crippen LogP contribution < -0.4 is 0 Å². The number of hydrogen-bond donors (Lipinski definition) is 0. The molecule has 0 aliphatic carbocycles. The van der Waals surface area contributed by atoms with E-state index in [2.05, 4.69) is 81.5 Å². The lowest BCUT2D eigenvalue weighted by atomic mass is 10.1. The molecular weight excluding hydrogens is 673 g/mol. The molecule has 308 valence electrons. The molecule has 0 aromatic rings. The van der Waals surface area contributed by atoms with Gasteiger partial charge >= 0.3 is 17.9 Å². The summed E-state index contributed by atoms with van der Waals surface area (Å²) in [6.07, 6.45) is 52.1. The summed E-state index contributed by atoms with van der Waals surface area (Å²) in [6, 6.07) is 0. The third-order valence-corrected chi connectivity index (χ3v) is 8.96. The summed E-state index contributed by atoms with van der Waals surface area (Å²) in [6.45, 7) is 6.26. The summed E-state index contributed by atoms with van der Waals surface area (Å²) < 4.78 is 16.5. The summed E-state index contributed by atoms with van der Waals surface area (Å²) in [7, 11) is 0. The smallest absolute Gasteiger partial charge is 0.309 e. The predicted octanol–water partition coefficient (Wildman–Crippen LogP) is 13.9. The monoisotopic (exact) mass is 753 g/mol. The lowest BCUT2D eigenvalue weighted by molar-refractivity contribution is -0.166. The van der Waals surface area contributed by atoms with Gasteiger partial charge in [-0.1, -0.05) is 164 Å². The van der Waals surface area contributed by atoms with Crippen molar-refractivity contribution in [3.63, 3.8) is 0 Å². The number of esters is 3. The third-order valence-electron chi connectivity index (χ3n) is 8.96. The molecule has 0 heterocycles. The van der Waals surface area contributed by atoms with Gasteiger partial charge in [-0.25, -0.2) is 0 Å². The van der Waals surface area contributed by atoms with E-state index in [1.54, 1.807) is 6.08 Å². The van der Waals surface area contributed by atoms with Gasteiger partial charge in [-0.05, 0) is 83.5 Å². The number of ether oxygens (including phenoxy) is 3. The highest BCUT2D eigenvalue weighted by Crippen LogP contribution is 2.13. The fourth-order valence-corrected chi connectivity index (χ4v) is 5.71. The SMILES string of the molecule is CC/C=C\C/C=C\C/C=C\CC(=O)OCC(COC(=O)CCCCCCCCC/C=C\CCCCCC)OC(=O)CCCCCCC/C=C\C/C=C\CC. The maximum Gasteiger partial charge on any atom is 0.309 e. The van der Waals surface area contributed by atoms with Crippen molar-refractivity contribution in [2.45, 2.75) is 200 Å². The Labute approximate surface area is 332 Å². The first-order valence-corrected chi connectivity index (χ1v) is 21.9. The predicted molar refractivity (Wildman–Crippen MR) is 228 cm³/mol. The van der Waals surface area contributed by atoms with Crippen LogP contribution in [0.2, 0.25) is 0 Å². The Kier molecular flexibility index (Phi) is 40.1. The van der Waals surface area contributed by atoms with Crippen LogP contribution in [-0.4, -0.2) is 37.2 Å². The van der Waals surface area contributed by atoms with Gasteiger partial charge in [0.05, 0.1) is 6.42 Å². The molecule has 1 unspecified atom stereocenters. The maximum atomic E-state index is 12.7. The van der Waals surface area contributed by atoms with E-state index in [0.717, 1.165) is 89.9 Å². The average molecular weight is 753 g/mol. The topological polar surface area (TPSA) is 78.9 Å². The summed E-state index contributed by atoms with van der Waals surface area (Å²) in [5, 5.41) is 0. The van der Waals surface area contributed by atoms with Gasteiger partial charge in [-0.2, -0.15) is 0 Å². The van der Waals surface area contributed by atoms with Gasteiger partial charge in [0, 0.05) is 12.8 Å². The maximum absolute atomic E-state index is 12.7. The molecule has 0 amide bonds. The number of rotatable bonds is 38. The van der Waals surface area contributed by atoms with Crippen LogP contribution in [0.5, 0.6) is 0 Å². The molecule has 0 aromatic heterocycles. The molecule has 6 nitrogen and oxygen atoms in total. The first kappa shape index (κ1) is 50.9. The zero-order valence-corrected chi connectivity index (χ0v) is 35.0. The molecule has 54 heavy (non-hydrogen) atoms. The van der Waals surface area contributed by atoms with Crippen molar-refractivity contribution < 1.29 is 28.6 Å². The van der Waals surface area contributed by atoms with E-state index < -0.39 is 12.1 Å². The minimum absolute atomic E-state index is 0.111. The molecule has 0 saturated carbocycles. The van der Waals surface area contributed by atoms with Crippen LogP contribution in [0.1, 0.15) is 194 Å². The fraction of sp³-hybridized carbons (Fsp3) is 0.688. The highest BCUT2D eigenvalue weighted by Gasteiger charge is 2.19. The van der Waals surface area contributed by atoms with Crippen molar-refractivity contribution in [3.8, 4) is 0 Å². The van der Waals surface area contributed by atoms with Crippen LogP contribution in [0.4, 0.5) is 0 Å². The second-order valence-electron chi connectivity index (χ2n) is 14.2. The van der Waals surface area contributed by atoms with Crippen molar-refractivity contribution in [3.05, 3.63) is 72.9 Å². The number of carbonyl (C=O) groups is 3. The van der Waals surface area contributed by atoms with Gasteiger partial charge in [-0.15, -0.1) is 0 Å². The molecule has 0 aromatic carbocycles. The second kappa shape index (κ2) is 42.6. The molecule has 0 spiro atoms. The van der Waals surface area contributed by atoms with Crippen molar-refractivity contribution >= 4 is 17.9 Å². The number of hydrogen-bond acceptors (Lipinski definition) is 6. The Morgan fingerprint density at radius 3 is 1.31 bits per heavy atom. The van der Waals surface area contributed by atoms with Gasteiger partial charge in [0.15, 0.2) is 6.10 Å². The average Bonchev–Trinajstić information content (AvgIpc) is 3.17. The molecule has 6 heteroatoms. The Bertz CT molecular complexity index is 1050. The van der Waals surface area contributed by atoms with Gasteiger partial charge in [0.2, 0.25) is 0 Å². The van der Waals surface area contributed by atoms with Crippen LogP contribution >= 0.6 is 0 Å². The van der Waals surface area contributed by atoms with Gasteiger partial charge in [0.1, 0.15) is 13.2 Å². The highest BCUT2D eigenvalue weighted by molar-refractivity contribution is 5.72. The lowest BCUT2D eigenvalue weighted by Crippen LogP contribution is -2.30. The van der Waals surface area contributed by atoms with Crippen molar-refractivity contribution in [1.29, 1.82) is 0 Å². The molecule has 0 bridgehead atoms. The van der Waals surface area contributed by atoms with Crippen molar-refractivity contribution in [2.24, 2.45) is 0 Å². The van der Waals surface area contributed by atoms with Gasteiger partial charge in [-0.3, -0.25) is 14.4 Å². The molecule has 0 aliphatic rings. The summed E-state index contributed by atoms with van der Waals surface area (Å²) in [5.74, 6) is -1.07. The van der Waals surface area contributed by atoms with E-state index in [9.17, 15) is 14.4 Å². The molecule has 0 saturated heterocycles. The highest BCUT2D eigenvalue weighted by atomic mass is 16.6. The summed E-state index contributed by atoms with van der Waals surface area (Å²) in [5.41, 5.74) is 0. The largest absolute Gasteiger partial charge is 0.462 e. The Hall–Kier alpha value is -3.15. The quantitative estimate of drug-likeness (QED) is 0.0270. The van der Waals surface area contributed by atoms with Crippen molar-refractivity contribution in [2.75, 3.05) is 13.2 Å². The Morgan fingerprint density at radius 1 is 0.407 bits per heavy atom. The van der Waals surface area contributed by atoms with E-state index in [1.807, 2.05) is 6.08 Å². The molecule has 0 rings (SSSR count). The lowest BCUT2D eigenvalue weighted by Gasteiger charge is -2.18. The molecule has 0 aliphatic heterocycles. The summed E-state index contributed by atoms with van der Waals surface area (Å²) in [4.78, 5) is 37.6. The first-order valence-electron chi connectivity index (χ1n) is 21.9. The Balaban J connectivity index is 4.44. The first-order chi connectivity index (χ1) is 26.5. The number of allylic oxidation sites excluding steroid dienone is 11. The zero-order chi connectivity index (χ0) is 39.4. The van der Waals surface area contributed by atoms with Crippen LogP contribution in [0.25, 0.3) is 0 Å². The standard InChI is InChI=1S/C48H80O6/c1-4-7-10-13-16-19-21-23-24-25-27-29-32-35-38-41-47(50)53-44-45(43-52-46(49)40-37-34-31-28-18-15-12-9-6-3)54-48(51)42-39-36-33-30-26-22-20-17-14-11-8-5-2/h8-9,11-12,17-21,28,34,37,45H,4-7,10,13-16,22-27,29-33,35-36,38-44H2,1-3H3/b11-8-,12-9-,20-17-,21-19-,28-18-,37-34-. The van der Waals surface area contributed by atoms with Crippen LogP contribution in [0, 0.1) is 0 Å².